The molecule has 2 atom stereocenters. The van der Waals surface area contributed by atoms with E-state index in [9.17, 15) is 15.0 Å². The standard InChI is InChI=1S/C13H18BrNO5/c1-7(16)15-6-10(17)13(18)8-4-11(19-2)12(20-3)5-9(8)14/h4-5,10,13,17-18H,6H2,1-3H3,(H,15,16). The summed E-state index contributed by atoms with van der Waals surface area (Å²) in [5.74, 6) is 0.672. The molecule has 0 radical (unpaired) electrons. The summed E-state index contributed by atoms with van der Waals surface area (Å²) < 4.78 is 10.9. The number of benzene rings is 1. The van der Waals surface area contributed by atoms with E-state index in [-0.39, 0.29) is 12.5 Å². The summed E-state index contributed by atoms with van der Waals surface area (Å²) in [6, 6.07) is 3.22. The van der Waals surface area contributed by atoms with E-state index in [0.717, 1.165) is 0 Å². The molecule has 0 bridgehead atoms. The molecule has 0 saturated heterocycles. The molecule has 0 fully saturated rings. The van der Waals surface area contributed by atoms with Gasteiger partial charge in [0, 0.05) is 23.5 Å². The SMILES string of the molecule is COc1cc(Br)c(C(O)C(O)CNC(C)=O)cc1OC. The largest absolute Gasteiger partial charge is 0.493 e. The van der Waals surface area contributed by atoms with Crippen LogP contribution in [0.15, 0.2) is 16.6 Å². The van der Waals surface area contributed by atoms with Crippen molar-refractivity contribution < 1.29 is 24.5 Å². The van der Waals surface area contributed by atoms with Crippen molar-refractivity contribution >= 4 is 21.8 Å². The predicted octanol–water partition coefficient (Wildman–Crippen LogP) is 0.997. The number of aliphatic hydroxyl groups excluding tert-OH is 2. The number of ether oxygens (including phenoxy) is 2. The van der Waals surface area contributed by atoms with Crippen molar-refractivity contribution in [3.8, 4) is 11.5 Å². The fourth-order valence-corrected chi connectivity index (χ4v) is 2.22. The lowest BCUT2D eigenvalue weighted by molar-refractivity contribution is -0.119. The first-order valence-corrected chi connectivity index (χ1v) is 6.72. The van der Waals surface area contributed by atoms with Gasteiger partial charge in [0.15, 0.2) is 11.5 Å². The van der Waals surface area contributed by atoms with Gasteiger partial charge in [0.2, 0.25) is 5.91 Å². The second-order valence-corrected chi connectivity index (χ2v) is 5.03. The normalized spacial score (nSPS) is 13.5. The highest BCUT2D eigenvalue weighted by molar-refractivity contribution is 9.10. The summed E-state index contributed by atoms with van der Waals surface area (Å²) >= 11 is 3.31. The van der Waals surface area contributed by atoms with E-state index in [2.05, 4.69) is 21.2 Å². The molecule has 3 N–H and O–H groups in total. The van der Waals surface area contributed by atoms with Crippen LogP contribution in [-0.2, 0) is 4.79 Å². The number of methoxy groups -OCH3 is 2. The fourth-order valence-electron chi connectivity index (χ4n) is 1.66. The van der Waals surface area contributed by atoms with Gasteiger partial charge < -0.3 is 25.0 Å². The lowest BCUT2D eigenvalue weighted by Gasteiger charge is -2.21. The number of halogens is 1. The molecule has 1 aromatic carbocycles. The zero-order chi connectivity index (χ0) is 15.3. The maximum Gasteiger partial charge on any atom is 0.216 e. The summed E-state index contributed by atoms with van der Waals surface area (Å²) in [6.45, 7) is 1.29. The fraction of sp³-hybridized carbons (Fsp3) is 0.462. The van der Waals surface area contributed by atoms with Crippen LogP contribution in [0.5, 0.6) is 11.5 Å². The van der Waals surface area contributed by atoms with Gasteiger partial charge in [0.25, 0.3) is 0 Å². The third-order valence-corrected chi connectivity index (χ3v) is 3.43. The van der Waals surface area contributed by atoms with E-state index >= 15 is 0 Å². The minimum atomic E-state index is -1.17. The van der Waals surface area contributed by atoms with Crippen molar-refractivity contribution in [3.63, 3.8) is 0 Å². The van der Waals surface area contributed by atoms with Crippen molar-refractivity contribution in [1.82, 2.24) is 5.32 Å². The van der Waals surface area contributed by atoms with Gasteiger partial charge in [0.05, 0.1) is 14.2 Å². The van der Waals surface area contributed by atoms with Crippen LogP contribution in [0, 0.1) is 0 Å². The molecule has 0 aliphatic heterocycles. The number of rotatable bonds is 6. The van der Waals surface area contributed by atoms with Gasteiger partial charge in [-0.05, 0) is 12.1 Å². The van der Waals surface area contributed by atoms with Gasteiger partial charge in [-0.15, -0.1) is 0 Å². The summed E-state index contributed by atoms with van der Waals surface area (Å²) in [6.07, 6.45) is -2.30. The minimum absolute atomic E-state index is 0.0444. The first-order chi connectivity index (χ1) is 9.40. The second-order valence-electron chi connectivity index (χ2n) is 4.18. The van der Waals surface area contributed by atoms with Crippen LogP contribution < -0.4 is 14.8 Å². The van der Waals surface area contributed by atoms with Gasteiger partial charge in [0.1, 0.15) is 12.2 Å². The van der Waals surface area contributed by atoms with Crippen LogP contribution in [0.25, 0.3) is 0 Å². The molecule has 2 unspecified atom stereocenters. The van der Waals surface area contributed by atoms with E-state index in [4.69, 9.17) is 9.47 Å². The minimum Gasteiger partial charge on any atom is -0.493 e. The maximum atomic E-state index is 10.8. The highest BCUT2D eigenvalue weighted by Crippen LogP contribution is 2.36. The average Bonchev–Trinajstić information content (AvgIpc) is 2.43. The number of amides is 1. The molecule has 1 rings (SSSR count). The van der Waals surface area contributed by atoms with E-state index in [0.29, 0.717) is 21.5 Å². The molecule has 6 nitrogen and oxygen atoms in total. The Kier molecular flexibility index (Phi) is 6.25. The molecule has 0 aliphatic rings. The van der Waals surface area contributed by atoms with Crippen LogP contribution in [0.2, 0.25) is 0 Å². The summed E-state index contributed by atoms with van der Waals surface area (Å²) in [5, 5.41) is 22.5. The number of carbonyl (C=O) groups is 1. The molecule has 0 heterocycles. The van der Waals surface area contributed by atoms with Crippen molar-refractivity contribution in [3.05, 3.63) is 22.2 Å². The number of hydrogen-bond donors (Lipinski definition) is 3. The smallest absolute Gasteiger partial charge is 0.216 e. The number of aliphatic hydroxyl groups is 2. The summed E-state index contributed by atoms with van der Waals surface area (Å²) in [7, 11) is 2.99. The zero-order valence-electron chi connectivity index (χ0n) is 11.5. The Morgan fingerprint density at radius 3 is 2.35 bits per heavy atom. The van der Waals surface area contributed by atoms with Crippen LogP contribution in [0.4, 0.5) is 0 Å². The van der Waals surface area contributed by atoms with Crippen LogP contribution in [0.3, 0.4) is 0 Å². The molecule has 1 amide bonds. The second kappa shape index (κ2) is 7.47. The van der Waals surface area contributed by atoms with E-state index in [1.165, 1.54) is 21.1 Å². The molecule has 1 aromatic rings. The highest BCUT2D eigenvalue weighted by atomic mass is 79.9. The van der Waals surface area contributed by atoms with Gasteiger partial charge in [-0.1, -0.05) is 15.9 Å². The topological polar surface area (TPSA) is 88.0 Å². The molecular formula is C13H18BrNO5. The Hall–Kier alpha value is -1.31. The van der Waals surface area contributed by atoms with Crippen LogP contribution in [-0.4, -0.2) is 43.0 Å². The third-order valence-electron chi connectivity index (χ3n) is 2.75. The molecular weight excluding hydrogens is 330 g/mol. The summed E-state index contributed by atoms with van der Waals surface area (Å²) in [5.41, 5.74) is 0.445. The van der Waals surface area contributed by atoms with Gasteiger partial charge in [-0.25, -0.2) is 0 Å². The number of nitrogens with one attached hydrogen (secondary N) is 1. The molecule has 0 spiro atoms. The van der Waals surface area contributed by atoms with Crippen molar-refractivity contribution in [2.24, 2.45) is 0 Å². The Balaban J connectivity index is 2.97. The Labute approximate surface area is 125 Å². The molecule has 7 heteroatoms. The Morgan fingerprint density at radius 2 is 1.85 bits per heavy atom. The highest BCUT2D eigenvalue weighted by Gasteiger charge is 2.23. The average molecular weight is 348 g/mol. The van der Waals surface area contributed by atoms with E-state index < -0.39 is 12.2 Å². The number of carbonyl (C=O) groups excluding carboxylic acids is 1. The lowest BCUT2D eigenvalue weighted by Crippen LogP contribution is -2.34. The third kappa shape index (κ3) is 4.09. The molecule has 0 aliphatic carbocycles. The molecule has 112 valence electrons. The van der Waals surface area contributed by atoms with Gasteiger partial charge in [-0.2, -0.15) is 0 Å². The van der Waals surface area contributed by atoms with Gasteiger partial charge >= 0.3 is 0 Å². The maximum absolute atomic E-state index is 10.8. The van der Waals surface area contributed by atoms with E-state index in [1.54, 1.807) is 12.1 Å². The van der Waals surface area contributed by atoms with E-state index in [1.807, 2.05) is 0 Å². The zero-order valence-corrected chi connectivity index (χ0v) is 13.1. The quantitative estimate of drug-likeness (QED) is 0.714. The summed E-state index contributed by atoms with van der Waals surface area (Å²) in [4.78, 5) is 10.8. The van der Waals surface area contributed by atoms with Crippen molar-refractivity contribution in [1.29, 1.82) is 0 Å². The molecule has 0 aromatic heterocycles. The van der Waals surface area contributed by atoms with Crippen molar-refractivity contribution in [2.75, 3.05) is 20.8 Å². The van der Waals surface area contributed by atoms with Gasteiger partial charge in [-0.3, -0.25) is 4.79 Å². The first kappa shape index (κ1) is 16.7. The van der Waals surface area contributed by atoms with Crippen LogP contribution >= 0.6 is 15.9 Å². The Morgan fingerprint density at radius 1 is 1.30 bits per heavy atom. The molecule has 0 saturated carbocycles. The predicted molar refractivity (Wildman–Crippen MR) is 76.9 cm³/mol. The first-order valence-electron chi connectivity index (χ1n) is 5.92. The molecule has 20 heavy (non-hydrogen) atoms. The lowest BCUT2D eigenvalue weighted by atomic mass is 10.0. The Bertz CT molecular complexity index is 480. The van der Waals surface area contributed by atoms with Crippen molar-refractivity contribution in [2.45, 2.75) is 19.1 Å². The monoisotopic (exact) mass is 347 g/mol. The van der Waals surface area contributed by atoms with Crippen LogP contribution in [0.1, 0.15) is 18.6 Å². The number of hydrogen-bond acceptors (Lipinski definition) is 5.